The third-order valence-electron chi connectivity index (χ3n) is 2.16. The first-order valence-corrected chi connectivity index (χ1v) is 5.64. The number of aliphatic hydroxyl groups is 1. The molecule has 0 bridgehead atoms. The van der Waals surface area contributed by atoms with Crippen molar-refractivity contribution in [3.8, 4) is 10.6 Å². The van der Waals surface area contributed by atoms with Gasteiger partial charge in [-0.3, -0.25) is 4.68 Å². The van der Waals surface area contributed by atoms with Gasteiger partial charge in [-0.2, -0.15) is 5.10 Å². The maximum atomic E-state index is 8.88. The second-order valence-corrected chi connectivity index (χ2v) is 4.10. The fourth-order valence-electron chi connectivity index (χ4n) is 1.45. The van der Waals surface area contributed by atoms with E-state index in [1.54, 1.807) is 16.0 Å². The quantitative estimate of drug-likeness (QED) is 0.814. The molecule has 15 heavy (non-hydrogen) atoms. The molecular weight excluding hydrogens is 210 g/mol. The van der Waals surface area contributed by atoms with Gasteiger partial charge in [-0.25, -0.2) is 0 Å². The summed E-state index contributed by atoms with van der Waals surface area (Å²) in [7, 11) is 0. The monoisotopic (exact) mass is 223 g/mol. The first-order chi connectivity index (χ1) is 7.35. The molecule has 4 nitrogen and oxygen atoms in total. The van der Waals surface area contributed by atoms with Crippen LogP contribution >= 0.6 is 11.3 Å². The van der Waals surface area contributed by atoms with Crippen LogP contribution in [0.4, 0.5) is 0 Å². The molecule has 0 fully saturated rings. The maximum absolute atomic E-state index is 8.88. The SMILES string of the molecule is NCc1cc(-c2cccs2)nn1CCO. The molecule has 5 heteroatoms. The van der Waals surface area contributed by atoms with Gasteiger partial charge in [0, 0.05) is 6.54 Å². The summed E-state index contributed by atoms with van der Waals surface area (Å²) in [6.45, 7) is 1.02. The van der Waals surface area contributed by atoms with Crippen LogP contribution in [0.2, 0.25) is 0 Å². The normalized spacial score (nSPS) is 10.8. The lowest BCUT2D eigenvalue weighted by atomic mass is 10.3. The highest BCUT2D eigenvalue weighted by Crippen LogP contribution is 2.23. The van der Waals surface area contributed by atoms with Crippen LogP contribution in [-0.4, -0.2) is 21.5 Å². The predicted molar refractivity (Wildman–Crippen MR) is 60.5 cm³/mol. The first kappa shape index (κ1) is 10.4. The molecule has 2 aromatic rings. The largest absolute Gasteiger partial charge is 0.394 e. The zero-order valence-electron chi connectivity index (χ0n) is 8.26. The third-order valence-corrected chi connectivity index (χ3v) is 3.05. The Balaban J connectivity index is 2.34. The van der Waals surface area contributed by atoms with Crippen LogP contribution < -0.4 is 5.73 Å². The van der Waals surface area contributed by atoms with E-state index < -0.39 is 0 Å². The Morgan fingerprint density at radius 3 is 3.00 bits per heavy atom. The summed E-state index contributed by atoms with van der Waals surface area (Å²) >= 11 is 1.65. The van der Waals surface area contributed by atoms with E-state index in [0.29, 0.717) is 13.1 Å². The van der Waals surface area contributed by atoms with Gasteiger partial charge in [-0.1, -0.05) is 6.07 Å². The van der Waals surface area contributed by atoms with Crippen molar-refractivity contribution in [1.29, 1.82) is 0 Å². The zero-order chi connectivity index (χ0) is 10.7. The number of rotatable bonds is 4. The summed E-state index contributed by atoms with van der Waals surface area (Å²) in [5.41, 5.74) is 7.49. The molecular formula is C10H13N3OS. The van der Waals surface area contributed by atoms with Gasteiger partial charge in [0.1, 0.15) is 5.69 Å². The fraction of sp³-hybridized carbons (Fsp3) is 0.300. The number of nitrogens with zero attached hydrogens (tertiary/aromatic N) is 2. The lowest BCUT2D eigenvalue weighted by molar-refractivity contribution is 0.267. The molecule has 80 valence electrons. The Kier molecular flexibility index (Phi) is 3.15. The molecule has 0 aliphatic heterocycles. The Bertz CT molecular complexity index is 422. The molecule has 0 aromatic carbocycles. The van der Waals surface area contributed by atoms with Crippen LogP contribution in [0.25, 0.3) is 10.6 Å². The van der Waals surface area contributed by atoms with Gasteiger partial charge in [0.2, 0.25) is 0 Å². The van der Waals surface area contributed by atoms with Gasteiger partial charge < -0.3 is 10.8 Å². The van der Waals surface area contributed by atoms with Gasteiger partial charge in [-0.15, -0.1) is 11.3 Å². The maximum Gasteiger partial charge on any atom is 0.103 e. The number of aromatic nitrogens is 2. The summed E-state index contributed by atoms with van der Waals surface area (Å²) in [5, 5.41) is 15.3. The van der Waals surface area contributed by atoms with Crippen molar-refractivity contribution in [3.05, 3.63) is 29.3 Å². The molecule has 0 amide bonds. The molecule has 0 aliphatic rings. The van der Waals surface area contributed by atoms with Gasteiger partial charge in [0.05, 0.1) is 23.7 Å². The Hall–Kier alpha value is -1.17. The van der Waals surface area contributed by atoms with E-state index in [0.717, 1.165) is 16.3 Å². The summed E-state index contributed by atoms with van der Waals surface area (Å²) in [6.07, 6.45) is 0. The highest BCUT2D eigenvalue weighted by Gasteiger charge is 2.08. The van der Waals surface area contributed by atoms with Crippen molar-refractivity contribution < 1.29 is 5.11 Å². The predicted octanol–water partition coefficient (Wildman–Crippen LogP) is 1.06. The Morgan fingerprint density at radius 1 is 1.53 bits per heavy atom. The minimum atomic E-state index is 0.0819. The molecule has 2 aromatic heterocycles. The highest BCUT2D eigenvalue weighted by atomic mass is 32.1. The fourth-order valence-corrected chi connectivity index (χ4v) is 2.13. The van der Waals surface area contributed by atoms with Crippen LogP contribution in [0.15, 0.2) is 23.6 Å². The van der Waals surface area contributed by atoms with E-state index in [4.69, 9.17) is 10.8 Å². The smallest absolute Gasteiger partial charge is 0.103 e. The number of thiophene rings is 1. The van der Waals surface area contributed by atoms with Crippen molar-refractivity contribution in [1.82, 2.24) is 9.78 Å². The minimum Gasteiger partial charge on any atom is -0.394 e. The van der Waals surface area contributed by atoms with Crippen LogP contribution in [0.5, 0.6) is 0 Å². The zero-order valence-corrected chi connectivity index (χ0v) is 9.07. The van der Waals surface area contributed by atoms with Gasteiger partial charge in [0.15, 0.2) is 0 Å². The van der Waals surface area contributed by atoms with E-state index in [-0.39, 0.29) is 6.61 Å². The third kappa shape index (κ3) is 2.09. The van der Waals surface area contributed by atoms with Crippen LogP contribution in [-0.2, 0) is 13.1 Å². The molecule has 3 N–H and O–H groups in total. The van der Waals surface area contributed by atoms with E-state index in [2.05, 4.69) is 5.10 Å². The second-order valence-electron chi connectivity index (χ2n) is 3.15. The second kappa shape index (κ2) is 4.57. The van der Waals surface area contributed by atoms with Crippen molar-refractivity contribution in [2.45, 2.75) is 13.1 Å². The summed E-state index contributed by atoms with van der Waals surface area (Å²) in [6, 6.07) is 5.99. The molecule has 0 atom stereocenters. The van der Waals surface area contributed by atoms with Gasteiger partial charge in [0.25, 0.3) is 0 Å². The minimum absolute atomic E-state index is 0.0819. The summed E-state index contributed by atoms with van der Waals surface area (Å²) in [4.78, 5) is 1.13. The summed E-state index contributed by atoms with van der Waals surface area (Å²) in [5.74, 6) is 0. The van der Waals surface area contributed by atoms with Gasteiger partial charge >= 0.3 is 0 Å². The van der Waals surface area contributed by atoms with E-state index >= 15 is 0 Å². The Labute approximate surface area is 92.0 Å². The van der Waals surface area contributed by atoms with E-state index in [9.17, 15) is 0 Å². The van der Waals surface area contributed by atoms with E-state index in [1.165, 1.54) is 0 Å². The molecule has 0 unspecified atom stereocenters. The van der Waals surface area contributed by atoms with Crippen LogP contribution in [0.3, 0.4) is 0 Å². The number of nitrogens with two attached hydrogens (primary N) is 1. The molecule has 0 radical (unpaired) electrons. The Morgan fingerprint density at radius 2 is 2.40 bits per heavy atom. The van der Waals surface area contributed by atoms with Crippen molar-refractivity contribution in [3.63, 3.8) is 0 Å². The molecule has 0 aliphatic carbocycles. The van der Waals surface area contributed by atoms with Crippen LogP contribution in [0, 0.1) is 0 Å². The van der Waals surface area contributed by atoms with E-state index in [1.807, 2.05) is 23.6 Å². The molecule has 0 saturated heterocycles. The number of aliphatic hydroxyl groups excluding tert-OH is 1. The molecule has 0 spiro atoms. The standard InChI is InChI=1S/C10H13N3OS/c11-7-8-6-9(10-2-1-5-15-10)12-13(8)3-4-14/h1-2,5-6,14H,3-4,7,11H2. The molecule has 2 heterocycles. The number of hydrogen-bond acceptors (Lipinski definition) is 4. The molecule has 0 saturated carbocycles. The van der Waals surface area contributed by atoms with Crippen molar-refractivity contribution >= 4 is 11.3 Å². The van der Waals surface area contributed by atoms with Crippen LogP contribution in [0.1, 0.15) is 5.69 Å². The van der Waals surface area contributed by atoms with Gasteiger partial charge in [-0.05, 0) is 17.5 Å². The highest BCUT2D eigenvalue weighted by molar-refractivity contribution is 7.13. The lowest BCUT2D eigenvalue weighted by Gasteiger charge is -2.01. The van der Waals surface area contributed by atoms with Crippen molar-refractivity contribution in [2.75, 3.05) is 6.61 Å². The number of hydrogen-bond donors (Lipinski definition) is 2. The topological polar surface area (TPSA) is 64.1 Å². The average Bonchev–Trinajstić information content (AvgIpc) is 2.84. The molecule has 2 rings (SSSR count). The van der Waals surface area contributed by atoms with Crippen molar-refractivity contribution in [2.24, 2.45) is 5.73 Å². The summed E-state index contributed by atoms with van der Waals surface area (Å²) < 4.78 is 1.76. The lowest BCUT2D eigenvalue weighted by Crippen LogP contribution is -2.10. The first-order valence-electron chi connectivity index (χ1n) is 4.76. The average molecular weight is 223 g/mol.